The maximum atomic E-state index is 12.8. The number of carbonyl (C=O) groups excluding carboxylic acids is 1. The highest BCUT2D eigenvalue weighted by Crippen LogP contribution is 2.27. The molecule has 1 N–H and O–H groups in total. The number of amides is 1. The Balaban J connectivity index is 1.43. The Labute approximate surface area is 163 Å². The Bertz CT molecular complexity index is 925. The second-order valence-electron chi connectivity index (χ2n) is 6.73. The monoisotopic (exact) mass is 378 g/mol. The van der Waals surface area contributed by atoms with Crippen LogP contribution in [0.25, 0.3) is 11.5 Å². The van der Waals surface area contributed by atoms with Crippen LogP contribution in [0.1, 0.15) is 12.8 Å². The van der Waals surface area contributed by atoms with Crippen LogP contribution in [0.15, 0.2) is 59.2 Å². The molecule has 3 heterocycles. The van der Waals surface area contributed by atoms with E-state index in [0.717, 1.165) is 25.2 Å². The van der Waals surface area contributed by atoms with Crippen LogP contribution in [0.4, 0.5) is 11.5 Å². The van der Waals surface area contributed by atoms with Crippen molar-refractivity contribution in [3.05, 3.63) is 54.8 Å². The van der Waals surface area contributed by atoms with Crippen LogP contribution in [-0.2, 0) is 4.79 Å². The molecule has 0 spiro atoms. The topological polar surface area (TPSA) is 80.5 Å². The Kier molecular flexibility index (Phi) is 5.23. The van der Waals surface area contributed by atoms with Crippen molar-refractivity contribution in [3.8, 4) is 17.2 Å². The van der Waals surface area contributed by atoms with E-state index in [0.29, 0.717) is 29.4 Å². The number of hydrogen-bond donors (Lipinski definition) is 1. The zero-order valence-corrected chi connectivity index (χ0v) is 15.7. The third-order valence-electron chi connectivity index (χ3n) is 4.91. The first-order valence-electron chi connectivity index (χ1n) is 9.31. The Hall–Kier alpha value is -3.35. The second kappa shape index (κ2) is 8.12. The third kappa shape index (κ3) is 3.83. The van der Waals surface area contributed by atoms with Crippen molar-refractivity contribution in [2.45, 2.75) is 12.8 Å². The quantitative estimate of drug-likeness (QED) is 0.731. The molecule has 1 aliphatic heterocycles. The van der Waals surface area contributed by atoms with Crippen LogP contribution >= 0.6 is 0 Å². The van der Waals surface area contributed by atoms with Gasteiger partial charge in [0.25, 0.3) is 0 Å². The number of nitrogens with zero attached hydrogens (tertiary/aromatic N) is 3. The molecule has 28 heavy (non-hydrogen) atoms. The van der Waals surface area contributed by atoms with Gasteiger partial charge in [0.15, 0.2) is 11.6 Å². The molecule has 1 fully saturated rings. The molecule has 7 nitrogen and oxygen atoms in total. The normalized spacial score (nSPS) is 16.6. The highest BCUT2D eigenvalue weighted by atomic mass is 16.5. The Morgan fingerprint density at radius 1 is 1.18 bits per heavy atom. The molecule has 1 saturated heterocycles. The molecule has 1 unspecified atom stereocenters. The standard InChI is InChI=1S/C21H22N4O3/c1-27-18-8-3-2-7-16(18)22-21(26)15-6-4-12-25(14-15)20-11-10-17(23-24-20)19-9-5-13-28-19/h2-3,5,7-11,13,15H,4,6,12,14H2,1H3,(H,22,26). The molecule has 0 radical (unpaired) electrons. The lowest BCUT2D eigenvalue weighted by Gasteiger charge is -2.32. The van der Waals surface area contributed by atoms with Gasteiger partial charge in [-0.05, 0) is 49.2 Å². The fraction of sp³-hybridized carbons (Fsp3) is 0.286. The smallest absolute Gasteiger partial charge is 0.229 e. The van der Waals surface area contributed by atoms with Gasteiger partial charge in [-0.2, -0.15) is 0 Å². The van der Waals surface area contributed by atoms with Crippen molar-refractivity contribution in [1.29, 1.82) is 0 Å². The summed E-state index contributed by atoms with van der Waals surface area (Å²) in [7, 11) is 1.60. The largest absolute Gasteiger partial charge is 0.495 e. The maximum absolute atomic E-state index is 12.8. The van der Waals surface area contributed by atoms with Gasteiger partial charge in [-0.15, -0.1) is 10.2 Å². The summed E-state index contributed by atoms with van der Waals surface area (Å²) >= 11 is 0. The summed E-state index contributed by atoms with van der Waals surface area (Å²) in [6, 6.07) is 14.9. The van der Waals surface area contributed by atoms with E-state index < -0.39 is 0 Å². The number of benzene rings is 1. The predicted molar refractivity (Wildman–Crippen MR) is 106 cm³/mol. The van der Waals surface area contributed by atoms with Gasteiger partial charge in [-0.3, -0.25) is 4.79 Å². The first-order chi connectivity index (χ1) is 13.7. The molecule has 7 heteroatoms. The highest BCUT2D eigenvalue weighted by Gasteiger charge is 2.27. The number of carbonyl (C=O) groups is 1. The number of anilines is 2. The van der Waals surface area contributed by atoms with Crippen LogP contribution in [0.2, 0.25) is 0 Å². The Morgan fingerprint density at radius 2 is 2.07 bits per heavy atom. The minimum Gasteiger partial charge on any atom is -0.495 e. The lowest BCUT2D eigenvalue weighted by atomic mass is 9.97. The van der Waals surface area contributed by atoms with E-state index in [2.05, 4.69) is 20.4 Å². The van der Waals surface area contributed by atoms with E-state index in [1.807, 2.05) is 48.5 Å². The van der Waals surface area contributed by atoms with Gasteiger partial charge in [0.05, 0.1) is 25.0 Å². The SMILES string of the molecule is COc1ccccc1NC(=O)C1CCCN(c2ccc(-c3ccco3)nn2)C1. The average Bonchev–Trinajstić information content (AvgIpc) is 3.29. The maximum Gasteiger partial charge on any atom is 0.229 e. The van der Waals surface area contributed by atoms with Crippen molar-refractivity contribution >= 4 is 17.4 Å². The van der Waals surface area contributed by atoms with Gasteiger partial charge in [0.1, 0.15) is 11.4 Å². The van der Waals surface area contributed by atoms with Crippen molar-refractivity contribution in [1.82, 2.24) is 10.2 Å². The lowest BCUT2D eigenvalue weighted by Crippen LogP contribution is -2.41. The van der Waals surface area contributed by atoms with Crippen molar-refractivity contribution in [2.75, 3.05) is 30.4 Å². The molecule has 1 aromatic carbocycles. The van der Waals surface area contributed by atoms with Gasteiger partial charge in [0, 0.05) is 13.1 Å². The minimum absolute atomic E-state index is 0.00522. The summed E-state index contributed by atoms with van der Waals surface area (Å²) in [4.78, 5) is 14.9. The number of rotatable bonds is 5. The molecule has 2 aromatic heterocycles. The summed E-state index contributed by atoms with van der Waals surface area (Å²) in [5.74, 6) is 1.99. The number of ether oxygens (including phenoxy) is 1. The second-order valence-corrected chi connectivity index (χ2v) is 6.73. The van der Waals surface area contributed by atoms with Crippen LogP contribution in [0, 0.1) is 5.92 Å². The molecule has 144 valence electrons. The van der Waals surface area contributed by atoms with Crippen LogP contribution in [0.5, 0.6) is 5.75 Å². The van der Waals surface area contributed by atoms with Gasteiger partial charge in [0.2, 0.25) is 5.91 Å². The molecule has 0 saturated carbocycles. The summed E-state index contributed by atoms with van der Waals surface area (Å²) in [6.07, 6.45) is 3.38. The predicted octanol–water partition coefficient (Wildman–Crippen LogP) is 3.60. The summed E-state index contributed by atoms with van der Waals surface area (Å²) in [5, 5.41) is 11.6. The molecule has 1 amide bonds. The summed E-state index contributed by atoms with van der Waals surface area (Å²) in [6.45, 7) is 1.46. The average molecular weight is 378 g/mol. The summed E-state index contributed by atoms with van der Waals surface area (Å²) < 4.78 is 10.7. The van der Waals surface area contributed by atoms with E-state index in [1.54, 1.807) is 13.4 Å². The van der Waals surface area contributed by atoms with Crippen molar-refractivity contribution in [3.63, 3.8) is 0 Å². The molecule has 4 rings (SSSR count). The van der Waals surface area contributed by atoms with Crippen molar-refractivity contribution < 1.29 is 13.9 Å². The fourth-order valence-electron chi connectivity index (χ4n) is 3.43. The van der Waals surface area contributed by atoms with E-state index in [9.17, 15) is 4.79 Å². The first kappa shape index (κ1) is 18.0. The molecule has 1 atom stereocenters. The van der Waals surface area contributed by atoms with Gasteiger partial charge in [-0.1, -0.05) is 12.1 Å². The molecule has 3 aromatic rings. The zero-order valence-electron chi connectivity index (χ0n) is 15.7. The van der Waals surface area contributed by atoms with Gasteiger partial charge >= 0.3 is 0 Å². The number of furan rings is 1. The van der Waals surface area contributed by atoms with E-state index in [4.69, 9.17) is 9.15 Å². The minimum atomic E-state index is -0.120. The number of aromatic nitrogens is 2. The Morgan fingerprint density at radius 3 is 2.82 bits per heavy atom. The van der Waals surface area contributed by atoms with E-state index in [-0.39, 0.29) is 11.8 Å². The lowest BCUT2D eigenvalue weighted by molar-refractivity contribution is -0.120. The summed E-state index contributed by atoms with van der Waals surface area (Å²) in [5.41, 5.74) is 1.38. The van der Waals surface area contributed by atoms with Crippen molar-refractivity contribution in [2.24, 2.45) is 5.92 Å². The van der Waals surface area contributed by atoms with Crippen LogP contribution in [-0.4, -0.2) is 36.3 Å². The van der Waals surface area contributed by atoms with E-state index in [1.165, 1.54) is 0 Å². The first-order valence-corrected chi connectivity index (χ1v) is 9.31. The number of piperidine rings is 1. The molecular formula is C21H22N4O3. The molecule has 1 aliphatic rings. The number of para-hydroxylation sites is 2. The molecular weight excluding hydrogens is 356 g/mol. The molecule has 0 aliphatic carbocycles. The zero-order chi connectivity index (χ0) is 19.3. The number of hydrogen-bond acceptors (Lipinski definition) is 6. The van der Waals surface area contributed by atoms with Crippen LogP contribution < -0.4 is 15.0 Å². The van der Waals surface area contributed by atoms with Gasteiger partial charge < -0.3 is 19.4 Å². The number of nitrogens with one attached hydrogen (secondary N) is 1. The third-order valence-corrected chi connectivity index (χ3v) is 4.91. The fourth-order valence-corrected chi connectivity index (χ4v) is 3.43. The van der Waals surface area contributed by atoms with Gasteiger partial charge in [-0.25, -0.2) is 0 Å². The van der Waals surface area contributed by atoms with Crippen LogP contribution in [0.3, 0.4) is 0 Å². The van der Waals surface area contributed by atoms with E-state index >= 15 is 0 Å². The highest BCUT2D eigenvalue weighted by molar-refractivity contribution is 5.94. The number of methoxy groups -OCH3 is 1. The molecule has 0 bridgehead atoms.